The molecule has 1 rings (SSSR count). The molecule has 0 saturated heterocycles. The van der Waals surface area contributed by atoms with Gasteiger partial charge < -0.3 is 24.6 Å². The quantitative estimate of drug-likeness (QED) is 0.822. The van der Waals surface area contributed by atoms with E-state index in [1.165, 1.54) is 21.3 Å². The minimum absolute atomic E-state index is 0.450. The van der Waals surface area contributed by atoms with E-state index in [1.807, 2.05) is 0 Å². The Bertz CT molecular complexity index is 445. The van der Waals surface area contributed by atoms with Crippen LogP contribution in [0.5, 0.6) is 17.2 Å². The molecular weight excluding hydrogens is 250 g/mol. The summed E-state index contributed by atoms with van der Waals surface area (Å²) in [7, 11) is 4.52. The number of hydrogen-bond acceptors (Lipinski definition) is 5. The fraction of sp³-hybridized carbons (Fsp3) is 0.462. The molecule has 106 valence electrons. The standard InChI is InChI=1S/C13H19NO5/c1-13(2,12(15)16)14-11-9(18-4)6-8(17-3)7-10(11)19-5/h6-7,14H,1-5H3,(H,15,16). The lowest BCUT2D eigenvalue weighted by Crippen LogP contribution is -2.40. The third-order valence-electron chi connectivity index (χ3n) is 2.69. The summed E-state index contributed by atoms with van der Waals surface area (Å²) in [6.07, 6.45) is 0. The summed E-state index contributed by atoms with van der Waals surface area (Å²) in [4.78, 5) is 11.2. The predicted octanol–water partition coefficient (Wildman–Crippen LogP) is 1.99. The molecule has 19 heavy (non-hydrogen) atoms. The number of hydrogen-bond donors (Lipinski definition) is 2. The first-order valence-corrected chi connectivity index (χ1v) is 5.67. The first kappa shape index (κ1) is 14.9. The van der Waals surface area contributed by atoms with Crippen LogP contribution in [0, 0.1) is 0 Å². The van der Waals surface area contributed by atoms with Crippen molar-refractivity contribution in [2.24, 2.45) is 0 Å². The number of carboxylic acid groups (broad SMARTS) is 1. The molecule has 0 unspecified atom stereocenters. The van der Waals surface area contributed by atoms with Crippen LogP contribution in [-0.4, -0.2) is 37.9 Å². The van der Waals surface area contributed by atoms with E-state index in [1.54, 1.807) is 26.0 Å². The normalized spacial score (nSPS) is 10.8. The molecule has 0 bridgehead atoms. The van der Waals surface area contributed by atoms with E-state index in [2.05, 4.69) is 5.32 Å². The molecule has 0 spiro atoms. The van der Waals surface area contributed by atoms with E-state index in [9.17, 15) is 4.79 Å². The van der Waals surface area contributed by atoms with Crippen LogP contribution in [0.15, 0.2) is 12.1 Å². The number of anilines is 1. The highest BCUT2D eigenvalue weighted by Gasteiger charge is 2.29. The SMILES string of the molecule is COc1cc(OC)c(NC(C)(C)C(=O)O)c(OC)c1. The number of carbonyl (C=O) groups is 1. The van der Waals surface area contributed by atoms with Gasteiger partial charge in [0.15, 0.2) is 0 Å². The van der Waals surface area contributed by atoms with Crippen molar-refractivity contribution < 1.29 is 24.1 Å². The van der Waals surface area contributed by atoms with Crippen molar-refractivity contribution in [3.63, 3.8) is 0 Å². The Morgan fingerprint density at radius 3 is 1.89 bits per heavy atom. The molecule has 0 heterocycles. The monoisotopic (exact) mass is 269 g/mol. The smallest absolute Gasteiger partial charge is 0.328 e. The third kappa shape index (κ3) is 3.21. The second-order valence-corrected chi connectivity index (χ2v) is 4.46. The van der Waals surface area contributed by atoms with Gasteiger partial charge in [0.1, 0.15) is 28.5 Å². The number of benzene rings is 1. The highest BCUT2D eigenvalue weighted by molar-refractivity contribution is 5.84. The van der Waals surface area contributed by atoms with E-state index >= 15 is 0 Å². The molecule has 2 N–H and O–H groups in total. The molecular formula is C13H19NO5. The summed E-state index contributed by atoms with van der Waals surface area (Å²) in [6, 6.07) is 3.31. The fourth-order valence-electron chi connectivity index (χ4n) is 1.49. The van der Waals surface area contributed by atoms with Crippen LogP contribution in [0.2, 0.25) is 0 Å². The van der Waals surface area contributed by atoms with Crippen molar-refractivity contribution in [2.45, 2.75) is 19.4 Å². The van der Waals surface area contributed by atoms with Crippen molar-refractivity contribution in [1.29, 1.82) is 0 Å². The Hall–Kier alpha value is -2.11. The summed E-state index contributed by atoms with van der Waals surface area (Å²) < 4.78 is 15.6. The number of methoxy groups -OCH3 is 3. The van der Waals surface area contributed by atoms with Gasteiger partial charge in [-0.15, -0.1) is 0 Å². The molecule has 6 nitrogen and oxygen atoms in total. The third-order valence-corrected chi connectivity index (χ3v) is 2.69. The first-order valence-electron chi connectivity index (χ1n) is 5.67. The lowest BCUT2D eigenvalue weighted by molar-refractivity contribution is -0.141. The van der Waals surface area contributed by atoms with Gasteiger partial charge in [-0.1, -0.05) is 0 Å². The van der Waals surface area contributed by atoms with E-state index in [4.69, 9.17) is 19.3 Å². The van der Waals surface area contributed by atoms with Gasteiger partial charge in [-0.3, -0.25) is 0 Å². The van der Waals surface area contributed by atoms with Crippen LogP contribution in [0.1, 0.15) is 13.8 Å². The number of rotatable bonds is 6. The van der Waals surface area contributed by atoms with Gasteiger partial charge in [-0.25, -0.2) is 4.79 Å². The fourth-order valence-corrected chi connectivity index (χ4v) is 1.49. The highest BCUT2D eigenvalue weighted by Crippen LogP contribution is 2.40. The molecule has 0 radical (unpaired) electrons. The molecule has 0 saturated carbocycles. The minimum Gasteiger partial charge on any atom is -0.496 e. The average molecular weight is 269 g/mol. The maximum Gasteiger partial charge on any atom is 0.328 e. The van der Waals surface area contributed by atoms with E-state index in [-0.39, 0.29) is 0 Å². The maximum absolute atomic E-state index is 11.2. The summed E-state index contributed by atoms with van der Waals surface area (Å²) in [5.41, 5.74) is -0.687. The van der Waals surface area contributed by atoms with Gasteiger partial charge in [-0.2, -0.15) is 0 Å². The van der Waals surface area contributed by atoms with Crippen LogP contribution in [0.25, 0.3) is 0 Å². The molecule has 0 aliphatic heterocycles. The van der Waals surface area contributed by atoms with Gasteiger partial charge >= 0.3 is 5.97 Å². The number of aliphatic carboxylic acids is 1. The lowest BCUT2D eigenvalue weighted by Gasteiger charge is -2.25. The summed E-state index contributed by atoms with van der Waals surface area (Å²) in [6.45, 7) is 3.11. The zero-order valence-electron chi connectivity index (χ0n) is 11.7. The maximum atomic E-state index is 11.2. The Morgan fingerprint density at radius 1 is 1.11 bits per heavy atom. The van der Waals surface area contributed by atoms with Gasteiger partial charge in [-0.05, 0) is 13.8 Å². The number of carboxylic acids is 1. The van der Waals surface area contributed by atoms with Crippen molar-refractivity contribution in [3.05, 3.63) is 12.1 Å². The molecule has 1 aromatic carbocycles. The second kappa shape index (κ2) is 5.69. The predicted molar refractivity (Wildman–Crippen MR) is 71.4 cm³/mol. The number of ether oxygens (including phenoxy) is 3. The number of nitrogens with one attached hydrogen (secondary N) is 1. The van der Waals surface area contributed by atoms with Crippen molar-refractivity contribution >= 4 is 11.7 Å². The van der Waals surface area contributed by atoms with Gasteiger partial charge in [0.2, 0.25) is 0 Å². The second-order valence-electron chi connectivity index (χ2n) is 4.46. The van der Waals surface area contributed by atoms with Gasteiger partial charge in [0.05, 0.1) is 21.3 Å². The molecule has 6 heteroatoms. The average Bonchev–Trinajstić information content (AvgIpc) is 2.38. The highest BCUT2D eigenvalue weighted by atomic mass is 16.5. The van der Waals surface area contributed by atoms with E-state index < -0.39 is 11.5 Å². The molecule has 0 aliphatic carbocycles. The largest absolute Gasteiger partial charge is 0.496 e. The van der Waals surface area contributed by atoms with Crippen LogP contribution in [0.3, 0.4) is 0 Å². The summed E-state index contributed by atoms with van der Waals surface area (Å²) in [5.74, 6) is 0.482. The topological polar surface area (TPSA) is 77.0 Å². The molecule has 0 aliphatic rings. The van der Waals surface area contributed by atoms with Crippen LogP contribution in [-0.2, 0) is 4.79 Å². The lowest BCUT2D eigenvalue weighted by atomic mass is 10.1. The molecule has 0 aromatic heterocycles. The van der Waals surface area contributed by atoms with Gasteiger partial charge in [0, 0.05) is 12.1 Å². The Balaban J connectivity index is 3.28. The summed E-state index contributed by atoms with van der Waals surface area (Å²) in [5, 5.41) is 12.1. The molecule has 1 aromatic rings. The van der Waals surface area contributed by atoms with Crippen molar-refractivity contribution in [3.8, 4) is 17.2 Å². The van der Waals surface area contributed by atoms with Crippen molar-refractivity contribution in [1.82, 2.24) is 0 Å². The van der Waals surface area contributed by atoms with Crippen LogP contribution >= 0.6 is 0 Å². The molecule has 0 atom stereocenters. The molecule has 0 amide bonds. The zero-order valence-corrected chi connectivity index (χ0v) is 11.7. The molecule has 0 fully saturated rings. The minimum atomic E-state index is -1.16. The van der Waals surface area contributed by atoms with Crippen LogP contribution in [0.4, 0.5) is 5.69 Å². The van der Waals surface area contributed by atoms with Gasteiger partial charge in [0.25, 0.3) is 0 Å². The summed E-state index contributed by atoms with van der Waals surface area (Å²) >= 11 is 0. The van der Waals surface area contributed by atoms with E-state index in [0.29, 0.717) is 22.9 Å². The zero-order chi connectivity index (χ0) is 14.6. The van der Waals surface area contributed by atoms with Crippen molar-refractivity contribution in [2.75, 3.05) is 26.6 Å². The van der Waals surface area contributed by atoms with E-state index in [0.717, 1.165) is 0 Å². The Labute approximate surface area is 112 Å². The Morgan fingerprint density at radius 2 is 1.58 bits per heavy atom. The van der Waals surface area contributed by atoms with Crippen LogP contribution < -0.4 is 19.5 Å². The Kier molecular flexibility index (Phi) is 4.47. The first-order chi connectivity index (χ1) is 8.85.